The van der Waals surface area contributed by atoms with E-state index in [9.17, 15) is 18.3 Å². The number of nitrogens with one attached hydrogen (secondary N) is 1. The molecule has 0 aliphatic carbocycles. The molecular formula is C30H45N3O7S. The predicted octanol–water partition coefficient (Wildman–Crippen LogP) is 2.17. The van der Waals surface area contributed by atoms with Crippen molar-refractivity contribution in [2.45, 2.75) is 49.8 Å². The van der Waals surface area contributed by atoms with Crippen LogP contribution in [0.5, 0.6) is 5.75 Å². The first-order valence-electron chi connectivity index (χ1n) is 14.1. The van der Waals surface area contributed by atoms with E-state index in [1.807, 2.05) is 49.1 Å². The highest BCUT2D eigenvalue weighted by Crippen LogP contribution is 2.22. The highest BCUT2D eigenvalue weighted by Gasteiger charge is 2.32. The van der Waals surface area contributed by atoms with Crippen molar-refractivity contribution in [1.82, 2.24) is 14.5 Å². The van der Waals surface area contributed by atoms with E-state index < -0.39 is 22.2 Å². The molecule has 3 atom stereocenters. The van der Waals surface area contributed by atoms with E-state index in [1.54, 1.807) is 19.2 Å². The molecule has 0 saturated carbocycles. The molecule has 0 aromatic heterocycles. The first-order chi connectivity index (χ1) is 19.6. The summed E-state index contributed by atoms with van der Waals surface area (Å²) >= 11 is 0. The van der Waals surface area contributed by atoms with Crippen molar-refractivity contribution in [2.75, 3.05) is 60.2 Å². The van der Waals surface area contributed by atoms with Gasteiger partial charge < -0.3 is 24.6 Å². The number of methoxy groups -OCH3 is 2. The van der Waals surface area contributed by atoms with Crippen molar-refractivity contribution in [3.63, 3.8) is 0 Å². The minimum Gasteiger partial charge on any atom is -0.497 e. The maximum atomic E-state index is 13.7. The summed E-state index contributed by atoms with van der Waals surface area (Å²) in [6, 6.07) is 15.1. The van der Waals surface area contributed by atoms with Crippen molar-refractivity contribution in [2.24, 2.45) is 5.92 Å². The van der Waals surface area contributed by atoms with Gasteiger partial charge in [-0.15, -0.1) is 0 Å². The highest BCUT2D eigenvalue weighted by molar-refractivity contribution is 7.89. The third kappa shape index (κ3) is 10.1. The molecule has 10 nitrogen and oxygen atoms in total. The number of nitrogens with zero attached hydrogens (tertiary/aromatic N) is 2. The summed E-state index contributed by atoms with van der Waals surface area (Å²) in [4.78, 5) is 15.5. The van der Waals surface area contributed by atoms with E-state index in [1.165, 1.54) is 23.5 Å². The van der Waals surface area contributed by atoms with Crippen molar-refractivity contribution in [1.29, 1.82) is 0 Å². The van der Waals surface area contributed by atoms with Gasteiger partial charge in [-0.25, -0.2) is 8.42 Å². The van der Waals surface area contributed by atoms with Crippen LogP contribution < -0.4 is 10.1 Å². The quantitative estimate of drug-likeness (QED) is 0.288. The summed E-state index contributed by atoms with van der Waals surface area (Å²) in [6.07, 6.45) is 0.0184. The first-order valence-corrected chi connectivity index (χ1v) is 15.5. The van der Waals surface area contributed by atoms with E-state index in [-0.39, 0.29) is 42.4 Å². The Morgan fingerprint density at radius 1 is 1.10 bits per heavy atom. The van der Waals surface area contributed by atoms with Crippen LogP contribution in [0.3, 0.4) is 0 Å². The van der Waals surface area contributed by atoms with E-state index in [4.69, 9.17) is 14.2 Å². The number of sulfonamides is 1. The maximum Gasteiger partial charge on any atom is 0.243 e. The number of hydrogen-bond acceptors (Lipinski definition) is 8. The Labute approximate surface area is 244 Å². The Balaban J connectivity index is 1.81. The molecule has 1 amide bonds. The Bertz CT molecular complexity index is 1160. The smallest absolute Gasteiger partial charge is 0.243 e. The largest absolute Gasteiger partial charge is 0.497 e. The van der Waals surface area contributed by atoms with Crippen molar-refractivity contribution in [3.05, 3.63) is 60.2 Å². The third-order valence-electron chi connectivity index (χ3n) is 7.12. The van der Waals surface area contributed by atoms with Crippen LogP contribution in [-0.4, -0.2) is 107 Å². The number of aliphatic hydroxyl groups is 1. The van der Waals surface area contributed by atoms with Crippen molar-refractivity contribution in [3.8, 4) is 5.75 Å². The van der Waals surface area contributed by atoms with Gasteiger partial charge in [0.25, 0.3) is 0 Å². The van der Waals surface area contributed by atoms with E-state index in [0.717, 1.165) is 12.0 Å². The maximum absolute atomic E-state index is 13.7. The SMILES string of the molecule is COCCN(CC(=O)N[C@@H](Cc1ccccc1)[C@H](O)CN(CC(C)C)S(=O)(=O)c1ccc(OC)cc1)[C@H]1CCOC1. The number of ether oxygens (including phenoxy) is 3. The molecule has 1 heterocycles. The lowest BCUT2D eigenvalue weighted by molar-refractivity contribution is -0.124. The van der Waals surface area contributed by atoms with Gasteiger partial charge in [-0.2, -0.15) is 4.31 Å². The molecule has 41 heavy (non-hydrogen) atoms. The Morgan fingerprint density at radius 2 is 1.80 bits per heavy atom. The van der Waals surface area contributed by atoms with Crippen LogP contribution >= 0.6 is 0 Å². The molecule has 1 aliphatic heterocycles. The molecule has 2 N–H and O–H groups in total. The number of aliphatic hydroxyl groups excluding tert-OH is 1. The van der Waals surface area contributed by atoms with Crippen LogP contribution in [0.25, 0.3) is 0 Å². The first kappa shape index (κ1) is 33.0. The molecule has 0 spiro atoms. The molecule has 3 rings (SSSR count). The van der Waals surface area contributed by atoms with Gasteiger partial charge in [0, 0.05) is 39.4 Å². The van der Waals surface area contributed by atoms with Gasteiger partial charge >= 0.3 is 0 Å². The summed E-state index contributed by atoms with van der Waals surface area (Å²) < 4.78 is 44.6. The number of benzene rings is 2. The zero-order valence-electron chi connectivity index (χ0n) is 24.6. The van der Waals surface area contributed by atoms with Gasteiger partial charge in [0.15, 0.2) is 0 Å². The van der Waals surface area contributed by atoms with Crippen LogP contribution in [0.15, 0.2) is 59.5 Å². The topological polar surface area (TPSA) is 118 Å². The van der Waals surface area contributed by atoms with Gasteiger partial charge in [0.1, 0.15) is 5.75 Å². The standard InChI is InChI=1S/C30H45N3O7S/c1-23(2)19-33(41(36,37)27-12-10-26(39-4)11-13-27)20-29(34)28(18-24-8-6-5-7-9-24)31-30(35)21-32(15-17-38-3)25-14-16-40-22-25/h5-13,23,25,28-29,34H,14-22H2,1-4H3,(H,31,35)/t25-,28-,29+/m0/s1. The molecule has 0 unspecified atom stereocenters. The van der Waals surface area contributed by atoms with Crippen LogP contribution in [0.2, 0.25) is 0 Å². The lowest BCUT2D eigenvalue weighted by Gasteiger charge is -2.32. The molecule has 1 saturated heterocycles. The number of amides is 1. The van der Waals surface area contributed by atoms with E-state index >= 15 is 0 Å². The van der Waals surface area contributed by atoms with Gasteiger partial charge in [-0.1, -0.05) is 44.2 Å². The lowest BCUT2D eigenvalue weighted by Crippen LogP contribution is -2.53. The molecule has 0 radical (unpaired) electrons. The molecule has 228 valence electrons. The average Bonchev–Trinajstić information content (AvgIpc) is 3.50. The lowest BCUT2D eigenvalue weighted by atomic mass is 10.0. The zero-order valence-corrected chi connectivity index (χ0v) is 25.4. The summed E-state index contributed by atoms with van der Waals surface area (Å²) in [6.45, 7) is 6.27. The minimum absolute atomic E-state index is 0.0142. The molecule has 1 fully saturated rings. The molecular weight excluding hydrogens is 546 g/mol. The van der Waals surface area contributed by atoms with Crippen LogP contribution in [0.1, 0.15) is 25.8 Å². The van der Waals surface area contributed by atoms with Gasteiger partial charge in [-0.3, -0.25) is 9.69 Å². The number of hydrogen-bond donors (Lipinski definition) is 2. The molecule has 2 aromatic carbocycles. The number of rotatable bonds is 17. The zero-order chi connectivity index (χ0) is 29.8. The molecule has 2 aromatic rings. The van der Waals surface area contributed by atoms with Gasteiger partial charge in [-0.05, 0) is 48.6 Å². The number of carbonyl (C=O) groups excluding carboxylic acids is 1. The summed E-state index contributed by atoms with van der Waals surface area (Å²) in [5, 5.41) is 14.5. The van der Waals surface area contributed by atoms with E-state index in [2.05, 4.69) is 5.32 Å². The fourth-order valence-electron chi connectivity index (χ4n) is 4.91. The number of carbonyl (C=O) groups is 1. The van der Waals surface area contributed by atoms with Crippen LogP contribution in [-0.2, 0) is 30.7 Å². The predicted molar refractivity (Wildman–Crippen MR) is 157 cm³/mol. The van der Waals surface area contributed by atoms with E-state index in [0.29, 0.717) is 38.5 Å². The molecule has 0 bridgehead atoms. The van der Waals surface area contributed by atoms with Crippen LogP contribution in [0, 0.1) is 5.92 Å². The molecule has 1 aliphatic rings. The third-order valence-corrected chi connectivity index (χ3v) is 8.96. The minimum atomic E-state index is -3.92. The monoisotopic (exact) mass is 591 g/mol. The summed E-state index contributed by atoms with van der Waals surface area (Å²) in [5.74, 6) is 0.315. The summed E-state index contributed by atoms with van der Waals surface area (Å²) in [5.41, 5.74) is 0.922. The Hall–Kier alpha value is -2.54. The second-order valence-electron chi connectivity index (χ2n) is 10.8. The van der Waals surface area contributed by atoms with Gasteiger partial charge in [0.05, 0.1) is 43.9 Å². The second kappa shape index (κ2) is 16.2. The molecule has 11 heteroatoms. The highest BCUT2D eigenvalue weighted by atomic mass is 32.2. The van der Waals surface area contributed by atoms with Crippen molar-refractivity contribution < 1.29 is 32.5 Å². The van der Waals surface area contributed by atoms with Crippen LogP contribution in [0.4, 0.5) is 0 Å². The Morgan fingerprint density at radius 3 is 2.39 bits per heavy atom. The summed E-state index contributed by atoms with van der Waals surface area (Å²) in [7, 11) is -0.780. The average molecular weight is 592 g/mol. The normalized spacial score (nSPS) is 17.2. The fourth-order valence-corrected chi connectivity index (χ4v) is 6.53. The second-order valence-corrected chi connectivity index (χ2v) is 12.7. The fraction of sp³-hybridized carbons (Fsp3) is 0.567. The van der Waals surface area contributed by atoms with Gasteiger partial charge in [0.2, 0.25) is 15.9 Å². The Kier molecular flexibility index (Phi) is 13.0. The van der Waals surface area contributed by atoms with Crippen molar-refractivity contribution >= 4 is 15.9 Å².